The van der Waals surface area contributed by atoms with Crippen molar-refractivity contribution < 1.29 is 32.9 Å². The quantitative estimate of drug-likeness (QED) is 0.156. The van der Waals surface area contributed by atoms with Gasteiger partial charge in [-0.15, -0.1) is 0 Å². The fourth-order valence-corrected chi connectivity index (χ4v) is 8.47. The number of aromatic hydroxyl groups is 1. The Kier molecular flexibility index (Phi) is 9.33. The van der Waals surface area contributed by atoms with Crippen molar-refractivity contribution in [2.45, 2.75) is 76.4 Å². The van der Waals surface area contributed by atoms with Crippen LogP contribution in [-0.4, -0.2) is 102 Å². The van der Waals surface area contributed by atoms with Gasteiger partial charge < -0.3 is 25.2 Å². The summed E-state index contributed by atoms with van der Waals surface area (Å²) in [7, 11) is 3.33. The summed E-state index contributed by atoms with van der Waals surface area (Å²) in [5, 5.41) is 29.6. The van der Waals surface area contributed by atoms with Gasteiger partial charge in [0.05, 0.1) is 29.3 Å². The van der Waals surface area contributed by atoms with Crippen LogP contribution in [0.3, 0.4) is 0 Å². The largest absolute Gasteiger partial charge is 0.508 e. The van der Waals surface area contributed by atoms with Crippen molar-refractivity contribution in [3.8, 4) is 23.0 Å². The molecule has 284 valence electrons. The lowest BCUT2D eigenvalue weighted by molar-refractivity contribution is 0.0330. The minimum atomic E-state index is -0.969. The number of ether oxygens (including phenoxy) is 1. The molecule has 54 heavy (non-hydrogen) atoms. The normalized spacial score (nSPS) is 22.5. The van der Waals surface area contributed by atoms with Crippen LogP contribution >= 0.6 is 0 Å². The number of carbonyl (C=O) groups excluding carboxylic acids is 1. The number of hydrogen-bond acceptors (Lipinski definition) is 10. The van der Waals surface area contributed by atoms with Gasteiger partial charge in [0.1, 0.15) is 47.1 Å². The first-order chi connectivity index (χ1) is 25.9. The summed E-state index contributed by atoms with van der Waals surface area (Å²) in [4.78, 5) is 30.3. The predicted octanol–water partition coefficient (Wildman–Crippen LogP) is 5.63. The Morgan fingerprint density at radius 3 is 2.74 bits per heavy atom. The first-order valence-corrected chi connectivity index (χ1v) is 18.5. The smallest absolute Gasteiger partial charge is 0.319 e. The van der Waals surface area contributed by atoms with Crippen molar-refractivity contribution in [1.29, 1.82) is 0 Å². The lowest BCUT2D eigenvalue weighted by Crippen LogP contribution is -2.43. The number of fused-ring (bicyclic) bond motifs is 3. The molecule has 15 heteroatoms. The topological polar surface area (TPSA) is 142 Å². The van der Waals surface area contributed by atoms with Crippen molar-refractivity contribution in [3.63, 3.8) is 0 Å². The molecule has 3 fully saturated rings. The number of hydrogen-bond donors (Lipinski definition) is 3. The molecule has 3 aliphatic rings. The van der Waals surface area contributed by atoms with E-state index in [1.807, 2.05) is 0 Å². The number of anilines is 1. The molecule has 0 unspecified atom stereocenters. The first-order valence-electron chi connectivity index (χ1n) is 18.5. The molecular weight excluding hydrogens is 701 g/mol. The maximum absolute atomic E-state index is 16.9. The molecule has 2 atom stereocenters. The zero-order valence-electron chi connectivity index (χ0n) is 30.4. The van der Waals surface area contributed by atoms with E-state index >= 15 is 8.78 Å². The summed E-state index contributed by atoms with van der Waals surface area (Å²) in [6, 6.07) is 7.29. The molecule has 0 bridgehead atoms. The van der Waals surface area contributed by atoms with E-state index in [1.165, 1.54) is 35.4 Å². The van der Waals surface area contributed by atoms with Crippen LogP contribution in [-0.2, 0) is 19.5 Å². The zero-order chi connectivity index (χ0) is 37.9. The summed E-state index contributed by atoms with van der Waals surface area (Å²) in [6.45, 7) is 3.59. The highest BCUT2D eigenvalue weighted by atomic mass is 19.1. The summed E-state index contributed by atoms with van der Waals surface area (Å²) in [5.41, 5.74) is 0.735. The van der Waals surface area contributed by atoms with Gasteiger partial charge in [-0.05, 0) is 85.2 Å². The van der Waals surface area contributed by atoms with Crippen LogP contribution < -0.4 is 10.1 Å². The van der Waals surface area contributed by atoms with E-state index in [9.17, 15) is 19.4 Å². The number of amides is 1. The van der Waals surface area contributed by atoms with Crippen molar-refractivity contribution in [1.82, 2.24) is 34.5 Å². The average molecular weight is 745 g/mol. The molecule has 5 aromatic rings. The third-order valence-corrected chi connectivity index (χ3v) is 11.2. The molecule has 1 saturated carbocycles. The van der Waals surface area contributed by atoms with Crippen LogP contribution in [0, 0.1) is 17.6 Å². The molecule has 5 heterocycles. The number of aliphatic hydroxyl groups excluding tert-OH is 1. The molecule has 0 radical (unpaired) electrons. The molecule has 2 aliphatic heterocycles. The number of carbonyl (C=O) groups is 1. The van der Waals surface area contributed by atoms with Crippen LogP contribution in [0.2, 0.25) is 0 Å². The van der Waals surface area contributed by atoms with E-state index < -0.39 is 23.3 Å². The number of aliphatic hydroxyl groups is 1. The van der Waals surface area contributed by atoms with E-state index in [-0.39, 0.29) is 70.8 Å². The highest BCUT2D eigenvalue weighted by molar-refractivity contribution is 6.01. The Morgan fingerprint density at radius 1 is 1.17 bits per heavy atom. The van der Waals surface area contributed by atoms with Gasteiger partial charge in [-0.3, -0.25) is 19.4 Å². The Labute approximate surface area is 310 Å². The highest BCUT2D eigenvalue weighted by Crippen LogP contribution is 2.41. The van der Waals surface area contributed by atoms with Crippen LogP contribution in [0.5, 0.6) is 11.8 Å². The van der Waals surface area contributed by atoms with Gasteiger partial charge in [0.25, 0.3) is 5.91 Å². The number of aryl methyl sites for hydroxylation is 1. The number of alkyl halides is 1. The van der Waals surface area contributed by atoms with E-state index in [1.54, 1.807) is 31.8 Å². The molecule has 3 aromatic heterocycles. The molecule has 2 aromatic carbocycles. The maximum Gasteiger partial charge on any atom is 0.319 e. The number of pyridine rings is 1. The van der Waals surface area contributed by atoms with Crippen molar-refractivity contribution in [2.24, 2.45) is 5.92 Å². The molecule has 8 rings (SSSR count). The molecule has 1 aliphatic carbocycles. The Morgan fingerprint density at radius 2 is 1.98 bits per heavy atom. The third kappa shape index (κ3) is 6.46. The second kappa shape index (κ2) is 14.0. The predicted molar refractivity (Wildman–Crippen MR) is 196 cm³/mol. The van der Waals surface area contributed by atoms with Gasteiger partial charge in [-0.25, -0.2) is 13.2 Å². The van der Waals surface area contributed by atoms with E-state index in [2.05, 4.69) is 25.2 Å². The van der Waals surface area contributed by atoms with E-state index in [0.717, 1.165) is 19.4 Å². The van der Waals surface area contributed by atoms with E-state index in [0.29, 0.717) is 66.5 Å². The lowest BCUT2D eigenvalue weighted by Gasteiger charge is -2.31. The van der Waals surface area contributed by atoms with Gasteiger partial charge in [0.2, 0.25) is 0 Å². The summed E-state index contributed by atoms with van der Waals surface area (Å²) >= 11 is 0. The van der Waals surface area contributed by atoms with Gasteiger partial charge in [-0.2, -0.15) is 15.1 Å². The molecule has 12 nitrogen and oxygen atoms in total. The maximum atomic E-state index is 16.9. The van der Waals surface area contributed by atoms with Gasteiger partial charge >= 0.3 is 6.01 Å². The number of phenols is 1. The SMILES string of the molecule is CCc1c(F)ccc2cc(O)cc(-c3ncc4c(NCc5cc(C(=O)N(C)C)n(CC6CC(O)C6)n5)nc(OC[C@@]56CCCN5C[C@H](F)C6)nc4c3F)c12. The number of nitrogens with zero attached hydrogens (tertiary/aromatic N) is 7. The van der Waals surface area contributed by atoms with Gasteiger partial charge in [0.15, 0.2) is 5.82 Å². The summed E-state index contributed by atoms with van der Waals surface area (Å²) < 4.78 is 54.4. The second-order valence-corrected chi connectivity index (χ2v) is 15.1. The summed E-state index contributed by atoms with van der Waals surface area (Å²) in [5.74, 6) is -1.24. The van der Waals surface area contributed by atoms with Gasteiger partial charge in [-0.1, -0.05) is 13.0 Å². The number of halogens is 3. The van der Waals surface area contributed by atoms with Crippen LogP contribution in [0.15, 0.2) is 36.5 Å². The lowest BCUT2D eigenvalue weighted by atomic mass is 9.82. The number of phenolic OH excluding ortho intramolecular Hbond substituents is 1. The monoisotopic (exact) mass is 744 g/mol. The number of rotatable bonds is 11. The van der Waals surface area contributed by atoms with Crippen LogP contribution in [0.1, 0.15) is 60.8 Å². The number of nitrogens with one attached hydrogen (secondary N) is 1. The molecule has 0 spiro atoms. The van der Waals surface area contributed by atoms with Crippen LogP contribution in [0.25, 0.3) is 32.9 Å². The fourth-order valence-electron chi connectivity index (χ4n) is 8.47. The Balaban J connectivity index is 1.19. The first kappa shape index (κ1) is 36.0. The summed E-state index contributed by atoms with van der Waals surface area (Å²) in [6.07, 6.45) is 3.69. The van der Waals surface area contributed by atoms with Crippen molar-refractivity contribution in [2.75, 3.05) is 39.1 Å². The molecule has 2 saturated heterocycles. The minimum Gasteiger partial charge on any atom is -0.508 e. The third-order valence-electron chi connectivity index (χ3n) is 11.2. The van der Waals surface area contributed by atoms with Gasteiger partial charge in [0, 0.05) is 45.4 Å². The fraction of sp³-hybridized carbons (Fsp3) is 0.462. The average Bonchev–Trinajstić information content (AvgIpc) is 3.80. The Hall–Kier alpha value is -5.02. The highest BCUT2D eigenvalue weighted by Gasteiger charge is 2.49. The second-order valence-electron chi connectivity index (χ2n) is 15.1. The standard InChI is InChI=1S/C39H43F3N8O4/c1-4-27-30(41)7-6-22-12-26(52)14-28(32(22)27)34-33(42)35-29(17-43-34)36(46-38(45-35)54-20-39-8-5-9-49(39)19-23(40)15-39)44-16-24-13-31(37(53)48(2)3)50(47-24)18-21-10-25(51)11-21/h6-7,12-14,17,21,23,25,51-52H,4-5,8-11,15-16,18-20H2,1-3H3,(H,44,45,46)/t21?,23-,25?,39+/m1/s1. The van der Waals surface area contributed by atoms with Crippen LogP contribution in [0.4, 0.5) is 19.0 Å². The number of benzene rings is 2. The van der Waals surface area contributed by atoms with Crippen molar-refractivity contribution in [3.05, 3.63) is 65.1 Å². The molecule has 3 N–H and O–H groups in total. The molecular formula is C39H43F3N8O4. The Bertz CT molecular complexity index is 2260. The van der Waals surface area contributed by atoms with Crippen molar-refractivity contribution >= 4 is 33.4 Å². The van der Waals surface area contributed by atoms with E-state index in [4.69, 9.17) is 9.84 Å². The minimum absolute atomic E-state index is 0.0977. The molecule has 1 amide bonds. The zero-order valence-corrected chi connectivity index (χ0v) is 30.4. The number of aromatic nitrogens is 5.